The molecule has 12 aromatic rings. The number of carboxylic acids is 3. The second-order valence-corrected chi connectivity index (χ2v) is 26.4. The molecule has 21 heteroatoms. The molecule has 6 aromatic heterocycles. The fourth-order valence-electron chi connectivity index (χ4n) is 15.1. The van der Waals surface area contributed by atoms with Crippen molar-refractivity contribution in [2.45, 2.75) is 128 Å². The lowest BCUT2D eigenvalue weighted by Gasteiger charge is -2.26. The van der Waals surface area contributed by atoms with Gasteiger partial charge in [-0.1, -0.05) is 0 Å². The van der Waals surface area contributed by atoms with Gasteiger partial charge in [0, 0.05) is 137 Å². The van der Waals surface area contributed by atoms with Crippen molar-refractivity contribution in [2.24, 2.45) is 5.41 Å². The van der Waals surface area contributed by atoms with Crippen molar-refractivity contribution in [3.63, 3.8) is 0 Å². The summed E-state index contributed by atoms with van der Waals surface area (Å²) in [6.45, 7) is 9.44. The highest BCUT2D eigenvalue weighted by molar-refractivity contribution is 6.01. The summed E-state index contributed by atoms with van der Waals surface area (Å²) in [5, 5.41) is 56.4. The van der Waals surface area contributed by atoms with Gasteiger partial charge in [0.15, 0.2) is 0 Å². The minimum absolute atomic E-state index is 0.0544. The number of carboxylic acid groups (broad SMARTS) is 3. The quantitative estimate of drug-likeness (QED) is 0.0529. The Morgan fingerprint density at radius 3 is 1.16 bits per heavy atom. The smallest absolute Gasteiger partial charge is 0.309 e. The summed E-state index contributed by atoms with van der Waals surface area (Å²) in [7, 11) is 0. The fourth-order valence-corrected chi connectivity index (χ4v) is 15.1. The maximum Gasteiger partial charge on any atom is 0.309 e. The molecule has 6 N–H and O–H groups in total. The molecule has 4 aliphatic rings. The van der Waals surface area contributed by atoms with Gasteiger partial charge in [-0.25, -0.2) is 13.2 Å². The van der Waals surface area contributed by atoms with Crippen LogP contribution in [0.5, 0.6) is 0 Å². The molecule has 9 heterocycles. The van der Waals surface area contributed by atoms with E-state index in [1.807, 2.05) is 30.3 Å². The minimum atomic E-state index is -0.820. The second kappa shape index (κ2) is 26.6. The SMILES string of the molecule is Cc1cc(-n2c(C3CCOCC3)c(CC3(C(=O)O)CC3)c3cc4[nH]ncc4cc32)ccc1F.Cc1cc(-n2c(C3CCOCC3)c(CCC(=O)O)c3cc4[nH]ncc4cc32)ccc1F.Cc1cc(-n2c(C3CCOCC3)c(CCCC(=O)O)c3cc4[nH]ncc4cc32)ccc1F. The number of ether oxygens (including phenoxy) is 3. The number of carbonyl (C=O) groups is 3. The molecule has 0 bridgehead atoms. The Labute approximate surface area is 550 Å². The summed E-state index contributed by atoms with van der Waals surface area (Å²) in [6, 6.07) is 28.2. The summed E-state index contributed by atoms with van der Waals surface area (Å²) in [5.74, 6) is -2.25. The van der Waals surface area contributed by atoms with Crippen molar-refractivity contribution < 1.29 is 57.1 Å². The number of halogens is 3. The molecule has 0 unspecified atom stereocenters. The van der Waals surface area contributed by atoms with Crippen LogP contribution in [0.4, 0.5) is 13.2 Å². The molecule has 496 valence electrons. The van der Waals surface area contributed by atoms with E-state index < -0.39 is 23.3 Å². The summed E-state index contributed by atoms with van der Waals surface area (Å²) in [6.07, 6.45) is 14.4. The number of benzene rings is 6. The van der Waals surface area contributed by atoms with Crippen molar-refractivity contribution in [3.8, 4) is 17.1 Å². The lowest BCUT2D eigenvalue weighted by molar-refractivity contribution is -0.143. The van der Waals surface area contributed by atoms with Crippen LogP contribution in [0.3, 0.4) is 0 Å². The van der Waals surface area contributed by atoms with Crippen LogP contribution in [0.15, 0.2) is 110 Å². The van der Waals surface area contributed by atoms with Crippen LogP contribution in [0, 0.1) is 43.6 Å². The number of aliphatic carboxylic acids is 3. The first-order valence-corrected chi connectivity index (χ1v) is 33.2. The monoisotopic (exact) mass is 1300 g/mol. The average Bonchev–Trinajstić information content (AvgIpc) is 1.59. The molecule has 96 heavy (non-hydrogen) atoms. The number of hydrogen-bond donors (Lipinski definition) is 6. The van der Waals surface area contributed by atoms with Gasteiger partial charge in [0.1, 0.15) is 17.5 Å². The highest BCUT2D eigenvalue weighted by atomic mass is 19.1. The van der Waals surface area contributed by atoms with E-state index in [1.165, 1.54) is 29.5 Å². The number of aryl methyl sites for hydroxylation is 5. The van der Waals surface area contributed by atoms with Crippen LogP contribution in [0.2, 0.25) is 0 Å². The lowest BCUT2D eigenvalue weighted by Crippen LogP contribution is -2.21. The number of aromatic amines is 3. The molecule has 3 saturated heterocycles. The van der Waals surface area contributed by atoms with E-state index in [4.69, 9.17) is 14.2 Å². The lowest BCUT2D eigenvalue weighted by atomic mass is 9.87. The minimum Gasteiger partial charge on any atom is -0.481 e. The first kappa shape index (κ1) is 63.8. The third kappa shape index (κ3) is 12.3. The maximum absolute atomic E-state index is 14.2. The zero-order valence-corrected chi connectivity index (χ0v) is 53.9. The van der Waals surface area contributed by atoms with Crippen molar-refractivity contribution in [3.05, 3.63) is 178 Å². The summed E-state index contributed by atoms with van der Waals surface area (Å²) >= 11 is 0. The molecule has 0 atom stereocenters. The van der Waals surface area contributed by atoms with Crippen molar-refractivity contribution in [2.75, 3.05) is 39.6 Å². The van der Waals surface area contributed by atoms with E-state index in [9.17, 15) is 42.9 Å². The Hall–Kier alpha value is -9.57. The van der Waals surface area contributed by atoms with E-state index in [2.05, 4.69) is 80.7 Å². The first-order valence-electron chi connectivity index (χ1n) is 33.2. The molecule has 3 aliphatic heterocycles. The third-order valence-corrected chi connectivity index (χ3v) is 20.3. The van der Waals surface area contributed by atoms with Crippen LogP contribution in [0.1, 0.15) is 139 Å². The molecule has 18 nitrogen and oxygen atoms in total. The van der Waals surface area contributed by atoms with Crippen LogP contribution < -0.4 is 0 Å². The van der Waals surface area contributed by atoms with Gasteiger partial charge >= 0.3 is 17.9 Å². The second-order valence-electron chi connectivity index (χ2n) is 26.4. The predicted molar refractivity (Wildman–Crippen MR) is 361 cm³/mol. The molecule has 6 aromatic carbocycles. The van der Waals surface area contributed by atoms with Crippen LogP contribution >= 0.6 is 0 Å². The highest BCUT2D eigenvalue weighted by Crippen LogP contribution is 2.52. The van der Waals surface area contributed by atoms with E-state index in [1.54, 1.807) is 45.4 Å². The van der Waals surface area contributed by atoms with E-state index in [0.717, 1.165) is 144 Å². The van der Waals surface area contributed by atoms with Crippen molar-refractivity contribution in [1.82, 2.24) is 44.3 Å². The molecular weight excluding hydrogens is 1230 g/mol. The Balaban J connectivity index is 0.000000124. The highest BCUT2D eigenvalue weighted by Gasteiger charge is 2.51. The average molecular weight is 1300 g/mol. The van der Waals surface area contributed by atoms with Gasteiger partial charge in [-0.2, -0.15) is 15.3 Å². The van der Waals surface area contributed by atoms with Crippen LogP contribution in [0.25, 0.3) is 82.5 Å². The zero-order chi connectivity index (χ0) is 66.5. The Morgan fingerprint density at radius 2 is 0.823 bits per heavy atom. The van der Waals surface area contributed by atoms with Gasteiger partial charge in [-0.15, -0.1) is 0 Å². The van der Waals surface area contributed by atoms with Gasteiger partial charge < -0.3 is 43.2 Å². The van der Waals surface area contributed by atoms with Gasteiger partial charge in [0.05, 0.1) is 57.1 Å². The number of fused-ring (bicyclic) bond motifs is 6. The van der Waals surface area contributed by atoms with Gasteiger partial charge in [-0.05, 0) is 222 Å². The number of rotatable bonds is 16. The Kier molecular flexibility index (Phi) is 17.7. The Morgan fingerprint density at radius 1 is 0.479 bits per heavy atom. The first-order chi connectivity index (χ1) is 46.5. The summed E-state index contributed by atoms with van der Waals surface area (Å²) in [4.78, 5) is 34.8. The maximum atomic E-state index is 14.2. The van der Waals surface area contributed by atoms with Crippen molar-refractivity contribution in [1.29, 1.82) is 0 Å². The molecule has 4 fully saturated rings. The third-order valence-electron chi connectivity index (χ3n) is 20.3. The topological polar surface area (TPSA) is 240 Å². The van der Waals surface area contributed by atoms with Crippen molar-refractivity contribution >= 4 is 83.3 Å². The predicted octanol–water partition coefficient (Wildman–Crippen LogP) is 15.4. The molecule has 0 radical (unpaired) electrons. The number of nitrogens with zero attached hydrogens (tertiary/aromatic N) is 6. The Bertz CT molecular complexity index is 4950. The summed E-state index contributed by atoms with van der Waals surface area (Å²) in [5.41, 5.74) is 16.4. The molecule has 16 rings (SSSR count). The van der Waals surface area contributed by atoms with E-state index >= 15 is 0 Å². The van der Waals surface area contributed by atoms with E-state index in [0.29, 0.717) is 94.9 Å². The van der Waals surface area contributed by atoms with Gasteiger partial charge in [0.25, 0.3) is 0 Å². The number of H-pyrrole nitrogens is 3. The van der Waals surface area contributed by atoms with Crippen LogP contribution in [-0.4, -0.2) is 117 Å². The molecule has 1 aliphatic carbocycles. The van der Waals surface area contributed by atoms with E-state index in [-0.39, 0.29) is 48.0 Å². The normalized spacial score (nSPS) is 16.2. The standard InChI is InChI=1S/C26H26FN3O3.C25H26FN3O3.C24H24FN3O3/c1-15-10-18(2-3-21(15)27)30-23-11-17-14-28-29-22(17)12-19(23)20(13-26(6-7-26)25(31)32)24(30)16-4-8-33-9-5-16;1-15-11-18(5-6-21(15)26)29-23-12-17-14-27-28-22(17)13-20(23)19(3-2-4-24(30)31)25(29)16-7-9-32-10-8-16;1-14-10-17(2-4-20(14)25)28-22-11-16-13-26-27-21(16)12-19(22)18(3-5-23(29)30)24(28)15-6-8-31-9-7-15/h2-3,10-12,14,16H,4-9,13H2,1H3,(H,28,29)(H,31,32);5-6,11-14,16H,2-4,7-10H2,1H3,(H,27,28)(H,30,31);2,4,10-13,15H,3,5-9H2,1H3,(H,26,27)(H,29,30). The molecule has 1 saturated carbocycles. The number of hydrogen-bond acceptors (Lipinski definition) is 9. The summed E-state index contributed by atoms with van der Waals surface area (Å²) < 4.78 is 65.9. The molecule has 0 spiro atoms. The largest absolute Gasteiger partial charge is 0.481 e. The van der Waals surface area contributed by atoms with Gasteiger partial charge in [-0.3, -0.25) is 29.7 Å². The number of aromatic nitrogens is 9. The fraction of sp³-hybridized carbons (Fsp3) is 0.360. The van der Waals surface area contributed by atoms with Gasteiger partial charge in [0.2, 0.25) is 0 Å². The number of nitrogens with one attached hydrogen (secondary N) is 3. The molecule has 0 amide bonds. The molecular formula is C75H76F3N9O9. The van der Waals surface area contributed by atoms with Crippen LogP contribution in [-0.2, 0) is 47.9 Å². The zero-order valence-electron chi connectivity index (χ0n) is 53.9.